The molecule has 20 heavy (non-hydrogen) atoms. The number of hydrogen-bond acceptors (Lipinski definition) is 2. The van der Waals surface area contributed by atoms with Gasteiger partial charge in [0.1, 0.15) is 11.6 Å². The number of aliphatic hydroxyl groups excluding tert-OH is 1. The molecule has 1 N–H and O–H groups in total. The Morgan fingerprint density at radius 1 is 1.25 bits per heavy atom. The van der Waals surface area contributed by atoms with E-state index < -0.39 is 17.7 Å². The number of aryl methyl sites for hydroxylation is 1. The molecular weight excluding hydrogens is 346 g/mol. The SMILES string of the molecule is OC(CCCc1cccs1)Cc1c(F)ccc(Br)c1F. The first-order valence-electron chi connectivity index (χ1n) is 6.40. The monoisotopic (exact) mass is 360 g/mol. The van der Waals surface area contributed by atoms with Crippen LogP contribution in [0.2, 0.25) is 0 Å². The molecule has 0 saturated heterocycles. The number of benzene rings is 1. The van der Waals surface area contributed by atoms with Gasteiger partial charge in [-0.1, -0.05) is 6.07 Å². The van der Waals surface area contributed by atoms with Crippen LogP contribution < -0.4 is 0 Å². The molecule has 1 nitrogen and oxygen atoms in total. The van der Waals surface area contributed by atoms with E-state index in [4.69, 9.17) is 0 Å². The molecule has 0 bridgehead atoms. The number of halogens is 3. The number of rotatable bonds is 6. The second kappa shape index (κ2) is 7.29. The van der Waals surface area contributed by atoms with Gasteiger partial charge < -0.3 is 5.11 Å². The van der Waals surface area contributed by atoms with E-state index in [1.54, 1.807) is 11.3 Å². The fraction of sp³-hybridized carbons (Fsp3) is 0.333. The smallest absolute Gasteiger partial charge is 0.143 e. The van der Waals surface area contributed by atoms with Crippen molar-refractivity contribution in [2.24, 2.45) is 0 Å². The van der Waals surface area contributed by atoms with E-state index in [9.17, 15) is 13.9 Å². The highest BCUT2D eigenvalue weighted by molar-refractivity contribution is 9.10. The van der Waals surface area contributed by atoms with E-state index in [0.717, 1.165) is 12.8 Å². The van der Waals surface area contributed by atoms with Gasteiger partial charge in [-0.05, 0) is 58.8 Å². The summed E-state index contributed by atoms with van der Waals surface area (Å²) in [6.45, 7) is 0. The van der Waals surface area contributed by atoms with Crippen LogP contribution in [0.5, 0.6) is 0 Å². The van der Waals surface area contributed by atoms with E-state index in [2.05, 4.69) is 15.9 Å². The zero-order valence-electron chi connectivity index (χ0n) is 10.8. The first-order chi connectivity index (χ1) is 9.58. The molecule has 1 heterocycles. The molecule has 0 spiro atoms. The van der Waals surface area contributed by atoms with Crippen molar-refractivity contribution in [2.75, 3.05) is 0 Å². The quantitative estimate of drug-likeness (QED) is 0.739. The lowest BCUT2D eigenvalue weighted by Crippen LogP contribution is -2.13. The summed E-state index contributed by atoms with van der Waals surface area (Å²) in [4.78, 5) is 1.26. The summed E-state index contributed by atoms with van der Waals surface area (Å²) in [6, 6.07) is 6.57. The third-order valence-electron chi connectivity index (χ3n) is 3.12. The Balaban J connectivity index is 1.88. The van der Waals surface area contributed by atoms with Crippen molar-refractivity contribution < 1.29 is 13.9 Å². The minimum Gasteiger partial charge on any atom is -0.393 e. The van der Waals surface area contributed by atoms with Crippen LogP contribution in [0, 0.1) is 11.6 Å². The van der Waals surface area contributed by atoms with Crippen molar-refractivity contribution in [3.8, 4) is 0 Å². The van der Waals surface area contributed by atoms with Crippen LogP contribution in [-0.2, 0) is 12.8 Å². The molecule has 0 aliphatic heterocycles. The standard InChI is InChI=1S/C15H15BrF2OS/c16-13-6-7-14(17)12(15(13)18)9-10(19)3-1-4-11-5-2-8-20-11/h2,5-8,10,19H,1,3-4,9H2. The Hall–Kier alpha value is -0.780. The summed E-state index contributed by atoms with van der Waals surface area (Å²) < 4.78 is 27.6. The van der Waals surface area contributed by atoms with Crippen molar-refractivity contribution in [2.45, 2.75) is 31.8 Å². The van der Waals surface area contributed by atoms with Gasteiger partial charge in [0, 0.05) is 16.9 Å². The Labute approximate surface area is 129 Å². The Bertz CT molecular complexity index is 557. The average molecular weight is 361 g/mol. The average Bonchev–Trinajstić information content (AvgIpc) is 2.92. The summed E-state index contributed by atoms with van der Waals surface area (Å²) in [7, 11) is 0. The molecule has 0 radical (unpaired) electrons. The van der Waals surface area contributed by atoms with Gasteiger partial charge in [-0.2, -0.15) is 0 Å². The van der Waals surface area contributed by atoms with Gasteiger partial charge in [-0.25, -0.2) is 8.78 Å². The van der Waals surface area contributed by atoms with Crippen molar-refractivity contribution >= 4 is 27.3 Å². The fourth-order valence-corrected chi connectivity index (χ4v) is 3.18. The minimum absolute atomic E-state index is 0.00153. The maximum atomic E-state index is 13.8. The van der Waals surface area contributed by atoms with E-state index in [-0.39, 0.29) is 16.5 Å². The van der Waals surface area contributed by atoms with Crippen LogP contribution in [0.25, 0.3) is 0 Å². The van der Waals surface area contributed by atoms with Crippen LogP contribution in [0.4, 0.5) is 8.78 Å². The second-order valence-electron chi connectivity index (χ2n) is 4.65. The van der Waals surface area contributed by atoms with Crippen molar-refractivity contribution in [1.29, 1.82) is 0 Å². The molecule has 0 fully saturated rings. The van der Waals surface area contributed by atoms with E-state index in [0.29, 0.717) is 6.42 Å². The van der Waals surface area contributed by atoms with E-state index in [1.807, 2.05) is 17.5 Å². The zero-order chi connectivity index (χ0) is 14.5. The molecule has 0 aliphatic carbocycles. The lowest BCUT2D eigenvalue weighted by molar-refractivity contribution is 0.159. The normalized spacial score (nSPS) is 12.6. The number of hydrogen-bond donors (Lipinski definition) is 1. The van der Waals surface area contributed by atoms with E-state index >= 15 is 0 Å². The topological polar surface area (TPSA) is 20.2 Å². The van der Waals surface area contributed by atoms with Crippen LogP contribution in [0.1, 0.15) is 23.3 Å². The second-order valence-corrected chi connectivity index (χ2v) is 6.54. The molecule has 1 aromatic heterocycles. The first kappa shape index (κ1) is 15.6. The molecule has 1 atom stereocenters. The van der Waals surface area contributed by atoms with E-state index in [1.165, 1.54) is 17.0 Å². The van der Waals surface area contributed by atoms with Gasteiger partial charge in [0.05, 0.1) is 10.6 Å². The summed E-state index contributed by atoms with van der Waals surface area (Å²) in [6.07, 6.45) is 1.50. The maximum Gasteiger partial charge on any atom is 0.143 e. The van der Waals surface area contributed by atoms with Gasteiger partial charge in [-0.3, -0.25) is 0 Å². The van der Waals surface area contributed by atoms with Gasteiger partial charge in [-0.15, -0.1) is 11.3 Å². The summed E-state index contributed by atoms with van der Waals surface area (Å²) in [5, 5.41) is 11.9. The van der Waals surface area contributed by atoms with Gasteiger partial charge >= 0.3 is 0 Å². The fourth-order valence-electron chi connectivity index (χ4n) is 2.06. The molecule has 2 rings (SSSR count). The largest absolute Gasteiger partial charge is 0.393 e. The predicted octanol–water partition coefficient (Wildman–Crippen LogP) is 4.72. The molecule has 0 amide bonds. The van der Waals surface area contributed by atoms with Crippen LogP contribution in [0.15, 0.2) is 34.1 Å². The van der Waals surface area contributed by atoms with Crippen molar-refractivity contribution in [3.05, 3.63) is 56.2 Å². The molecular formula is C15H15BrF2OS. The highest BCUT2D eigenvalue weighted by atomic mass is 79.9. The van der Waals surface area contributed by atoms with Crippen LogP contribution in [0.3, 0.4) is 0 Å². The Morgan fingerprint density at radius 3 is 2.75 bits per heavy atom. The first-order valence-corrected chi connectivity index (χ1v) is 8.08. The lowest BCUT2D eigenvalue weighted by Gasteiger charge is -2.12. The molecule has 108 valence electrons. The zero-order valence-corrected chi connectivity index (χ0v) is 13.2. The molecule has 1 aromatic carbocycles. The van der Waals surface area contributed by atoms with Crippen molar-refractivity contribution in [3.63, 3.8) is 0 Å². The molecule has 0 saturated carbocycles. The van der Waals surface area contributed by atoms with Gasteiger partial charge in [0.15, 0.2) is 0 Å². The summed E-state index contributed by atoms with van der Waals surface area (Å²) >= 11 is 4.70. The Morgan fingerprint density at radius 2 is 2.05 bits per heavy atom. The third kappa shape index (κ3) is 4.11. The Kier molecular flexibility index (Phi) is 5.69. The molecule has 1 unspecified atom stereocenters. The molecule has 5 heteroatoms. The molecule has 2 aromatic rings. The number of aliphatic hydroxyl groups is 1. The highest BCUT2D eigenvalue weighted by Gasteiger charge is 2.16. The van der Waals surface area contributed by atoms with Crippen molar-refractivity contribution in [1.82, 2.24) is 0 Å². The lowest BCUT2D eigenvalue weighted by atomic mass is 10.0. The highest BCUT2D eigenvalue weighted by Crippen LogP contribution is 2.23. The number of thiophene rings is 1. The predicted molar refractivity (Wildman–Crippen MR) is 81.0 cm³/mol. The molecule has 0 aliphatic rings. The maximum absolute atomic E-state index is 13.8. The van der Waals surface area contributed by atoms with Gasteiger partial charge in [0.2, 0.25) is 0 Å². The minimum atomic E-state index is -0.728. The summed E-state index contributed by atoms with van der Waals surface area (Å²) in [5.41, 5.74) is -0.0528. The van der Waals surface area contributed by atoms with Crippen LogP contribution >= 0.6 is 27.3 Å². The van der Waals surface area contributed by atoms with Crippen LogP contribution in [-0.4, -0.2) is 11.2 Å². The third-order valence-corrected chi connectivity index (χ3v) is 4.67. The summed E-state index contributed by atoms with van der Waals surface area (Å²) in [5.74, 6) is -1.23. The van der Waals surface area contributed by atoms with Gasteiger partial charge in [0.25, 0.3) is 0 Å².